The van der Waals surface area contributed by atoms with E-state index in [2.05, 4.69) is 15.5 Å². The SMILES string of the molecule is CC(=O)N1CCCN(S(=O)(=O)c2ccc(C(=NOC3CCOC3)C(=O)Nc3ncc(F)s3)cc2)CC1. The molecule has 2 saturated heterocycles. The molecular weight excluding hydrogens is 513 g/mol. The van der Waals surface area contributed by atoms with Crippen LogP contribution in [0, 0.1) is 5.13 Å². The van der Waals surface area contributed by atoms with E-state index >= 15 is 0 Å². The molecule has 14 heteroatoms. The summed E-state index contributed by atoms with van der Waals surface area (Å²) in [5.74, 6) is -0.772. The standard InChI is InChI=1S/C22H26FN5O6S2/c1-15(29)27-8-2-9-28(11-10-27)36(31,32)18-5-3-16(4-6-18)20(26-34-17-7-12-33-14-17)21(30)25-22-24-13-19(23)35-22/h3-6,13,17H,2,7-12,14H2,1H3,(H,24,25,30). The van der Waals surface area contributed by atoms with Crippen LogP contribution in [0.1, 0.15) is 25.3 Å². The molecule has 1 aromatic carbocycles. The summed E-state index contributed by atoms with van der Waals surface area (Å²) < 4.78 is 46.3. The molecule has 1 unspecified atom stereocenters. The average Bonchev–Trinajstić information content (AvgIpc) is 3.44. The number of thiazole rings is 1. The molecule has 0 spiro atoms. The topological polar surface area (TPSA) is 130 Å². The first-order valence-corrected chi connectivity index (χ1v) is 13.6. The van der Waals surface area contributed by atoms with Crippen molar-refractivity contribution in [3.63, 3.8) is 0 Å². The zero-order chi connectivity index (χ0) is 25.7. The van der Waals surface area contributed by atoms with Gasteiger partial charge in [-0.15, -0.1) is 0 Å². The smallest absolute Gasteiger partial charge is 0.280 e. The van der Waals surface area contributed by atoms with Gasteiger partial charge >= 0.3 is 0 Å². The number of ether oxygens (including phenoxy) is 1. The van der Waals surface area contributed by atoms with Crippen molar-refractivity contribution in [2.24, 2.45) is 5.16 Å². The predicted molar refractivity (Wildman–Crippen MR) is 130 cm³/mol. The molecule has 2 fully saturated rings. The van der Waals surface area contributed by atoms with Crippen LogP contribution in [0.5, 0.6) is 0 Å². The Morgan fingerprint density at radius 3 is 2.64 bits per heavy atom. The van der Waals surface area contributed by atoms with Crippen molar-refractivity contribution in [1.29, 1.82) is 0 Å². The van der Waals surface area contributed by atoms with Crippen LogP contribution in [0.25, 0.3) is 0 Å². The highest BCUT2D eigenvalue weighted by Crippen LogP contribution is 2.21. The van der Waals surface area contributed by atoms with Crippen LogP contribution in [0.2, 0.25) is 0 Å². The third-order valence-electron chi connectivity index (χ3n) is 5.76. The molecule has 0 saturated carbocycles. The van der Waals surface area contributed by atoms with E-state index in [4.69, 9.17) is 9.57 Å². The molecule has 0 radical (unpaired) electrons. The van der Waals surface area contributed by atoms with Crippen LogP contribution >= 0.6 is 11.3 Å². The number of carbonyl (C=O) groups is 2. The maximum Gasteiger partial charge on any atom is 0.280 e. The summed E-state index contributed by atoms with van der Waals surface area (Å²) in [4.78, 5) is 35.5. The number of anilines is 1. The van der Waals surface area contributed by atoms with Gasteiger partial charge in [0.05, 0.1) is 24.3 Å². The molecule has 2 amide bonds. The number of rotatable bonds is 7. The molecule has 194 valence electrons. The molecule has 1 aromatic heterocycles. The summed E-state index contributed by atoms with van der Waals surface area (Å²) in [5.41, 5.74) is 0.189. The summed E-state index contributed by atoms with van der Waals surface area (Å²) in [6.45, 7) is 3.64. The molecule has 2 aliphatic rings. The summed E-state index contributed by atoms with van der Waals surface area (Å²) in [5, 5.41) is 5.98. The molecule has 11 nitrogen and oxygen atoms in total. The second kappa shape index (κ2) is 11.4. The van der Waals surface area contributed by atoms with E-state index < -0.39 is 21.1 Å². The quantitative estimate of drug-likeness (QED) is 0.418. The molecular formula is C22H26FN5O6S2. The monoisotopic (exact) mass is 539 g/mol. The molecule has 2 aliphatic heterocycles. The Bertz CT molecular complexity index is 1230. The fraction of sp³-hybridized carbons (Fsp3) is 0.455. The van der Waals surface area contributed by atoms with Gasteiger partial charge in [0.25, 0.3) is 5.91 Å². The van der Waals surface area contributed by atoms with E-state index in [0.29, 0.717) is 62.6 Å². The van der Waals surface area contributed by atoms with E-state index in [1.807, 2.05) is 0 Å². The Kier molecular flexibility index (Phi) is 8.28. The van der Waals surface area contributed by atoms with Gasteiger partial charge in [-0.05, 0) is 18.6 Å². The van der Waals surface area contributed by atoms with Crippen LogP contribution in [-0.4, -0.2) is 85.6 Å². The second-order valence-electron chi connectivity index (χ2n) is 8.24. The average molecular weight is 540 g/mol. The summed E-state index contributed by atoms with van der Waals surface area (Å²) >= 11 is 0.662. The normalized spacial score (nSPS) is 19.7. The number of nitrogens with zero attached hydrogens (tertiary/aromatic N) is 4. The van der Waals surface area contributed by atoms with Crippen molar-refractivity contribution in [1.82, 2.24) is 14.2 Å². The van der Waals surface area contributed by atoms with Gasteiger partial charge in [0, 0.05) is 45.1 Å². The van der Waals surface area contributed by atoms with Gasteiger partial charge < -0.3 is 14.5 Å². The molecule has 1 N–H and O–H groups in total. The van der Waals surface area contributed by atoms with Crippen LogP contribution in [0.4, 0.5) is 9.52 Å². The number of hydrogen-bond acceptors (Lipinski definition) is 9. The molecule has 0 bridgehead atoms. The molecule has 36 heavy (non-hydrogen) atoms. The number of sulfonamides is 1. The van der Waals surface area contributed by atoms with Crippen molar-refractivity contribution in [2.75, 3.05) is 44.7 Å². The van der Waals surface area contributed by atoms with Crippen molar-refractivity contribution in [3.05, 3.63) is 41.2 Å². The summed E-state index contributed by atoms with van der Waals surface area (Å²) in [6.07, 6.45) is 1.82. The van der Waals surface area contributed by atoms with Gasteiger partial charge in [-0.25, -0.2) is 13.4 Å². The van der Waals surface area contributed by atoms with E-state index in [9.17, 15) is 22.4 Å². The van der Waals surface area contributed by atoms with Crippen molar-refractivity contribution >= 4 is 44.0 Å². The van der Waals surface area contributed by atoms with Gasteiger partial charge in [-0.3, -0.25) is 14.9 Å². The number of oxime groups is 1. The molecule has 2 aromatic rings. The Balaban J connectivity index is 1.54. The Hall–Kier alpha value is -2.94. The lowest BCUT2D eigenvalue weighted by molar-refractivity contribution is -0.128. The minimum Gasteiger partial charge on any atom is -0.389 e. The van der Waals surface area contributed by atoms with Gasteiger partial charge in [-0.2, -0.15) is 8.70 Å². The first-order chi connectivity index (χ1) is 17.2. The lowest BCUT2D eigenvalue weighted by atomic mass is 10.1. The summed E-state index contributed by atoms with van der Waals surface area (Å²) in [7, 11) is -3.81. The molecule has 4 rings (SSSR count). The highest BCUT2D eigenvalue weighted by molar-refractivity contribution is 7.89. The van der Waals surface area contributed by atoms with Crippen molar-refractivity contribution in [2.45, 2.75) is 30.8 Å². The van der Waals surface area contributed by atoms with Crippen molar-refractivity contribution < 1.29 is 32.0 Å². The number of hydrogen-bond donors (Lipinski definition) is 1. The minimum absolute atomic E-state index is 0.0503. The van der Waals surface area contributed by atoms with Crippen molar-refractivity contribution in [3.8, 4) is 0 Å². The molecule has 0 aliphatic carbocycles. The van der Waals surface area contributed by atoms with Gasteiger partial charge in [-0.1, -0.05) is 28.6 Å². The Labute approximate surface area is 211 Å². The first-order valence-electron chi connectivity index (χ1n) is 11.3. The third-order valence-corrected chi connectivity index (χ3v) is 8.37. The number of benzene rings is 1. The van der Waals surface area contributed by atoms with E-state index in [-0.39, 0.29) is 34.3 Å². The number of halogens is 1. The van der Waals surface area contributed by atoms with Crippen LogP contribution in [0.3, 0.4) is 0 Å². The van der Waals surface area contributed by atoms with Crippen LogP contribution < -0.4 is 5.32 Å². The fourth-order valence-electron chi connectivity index (χ4n) is 3.80. The number of aromatic nitrogens is 1. The van der Waals surface area contributed by atoms with Gasteiger partial charge in [0.2, 0.25) is 15.9 Å². The number of nitrogens with one attached hydrogen (secondary N) is 1. The molecule has 3 heterocycles. The van der Waals surface area contributed by atoms with E-state index in [1.54, 1.807) is 4.90 Å². The molecule has 1 atom stereocenters. The number of amides is 2. The highest BCUT2D eigenvalue weighted by Gasteiger charge is 2.28. The van der Waals surface area contributed by atoms with Crippen LogP contribution in [0.15, 0.2) is 40.5 Å². The van der Waals surface area contributed by atoms with Gasteiger partial charge in [0.1, 0.15) is 0 Å². The Morgan fingerprint density at radius 2 is 2.00 bits per heavy atom. The maximum atomic E-state index is 13.3. The van der Waals surface area contributed by atoms with Gasteiger partial charge in [0.15, 0.2) is 22.1 Å². The minimum atomic E-state index is -3.81. The summed E-state index contributed by atoms with van der Waals surface area (Å²) in [6, 6.07) is 5.70. The van der Waals surface area contributed by atoms with E-state index in [1.165, 1.54) is 35.5 Å². The number of carbonyl (C=O) groups excluding carboxylic acids is 2. The fourth-order valence-corrected chi connectivity index (χ4v) is 5.81. The first kappa shape index (κ1) is 26.1. The third kappa shape index (κ3) is 6.24. The van der Waals surface area contributed by atoms with Crippen LogP contribution in [-0.2, 0) is 29.2 Å². The second-order valence-corrected chi connectivity index (χ2v) is 11.2. The zero-order valence-electron chi connectivity index (χ0n) is 19.6. The Morgan fingerprint density at radius 1 is 1.22 bits per heavy atom. The zero-order valence-corrected chi connectivity index (χ0v) is 21.2. The van der Waals surface area contributed by atoms with E-state index in [0.717, 1.165) is 6.20 Å². The lowest BCUT2D eigenvalue weighted by Crippen LogP contribution is -2.36. The maximum absolute atomic E-state index is 13.3. The highest BCUT2D eigenvalue weighted by atomic mass is 32.2. The largest absolute Gasteiger partial charge is 0.389 e. The lowest BCUT2D eigenvalue weighted by Gasteiger charge is -2.21. The predicted octanol–water partition coefficient (Wildman–Crippen LogP) is 1.67.